The molecule has 0 unspecified atom stereocenters. The lowest BCUT2D eigenvalue weighted by Crippen LogP contribution is -2.60. The molecule has 2 bridgehead atoms. The first-order valence-corrected chi connectivity index (χ1v) is 9.89. The summed E-state index contributed by atoms with van der Waals surface area (Å²) in [7, 11) is 0. The molecule has 0 radical (unpaired) electrons. The Morgan fingerprint density at radius 1 is 1.12 bits per heavy atom. The molecule has 0 N–H and O–H groups in total. The molecule has 4 aliphatic heterocycles. The highest BCUT2D eigenvalue weighted by Gasteiger charge is 2.54. The average Bonchev–Trinajstić information content (AvgIpc) is 3.35. The van der Waals surface area contributed by atoms with Gasteiger partial charge in [-0.3, -0.25) is 14.4 Å². The van der Waals surface area contributed by atoms with Crippen LogP contribution in [-0.2, 0) is 6.54 Å². The Bertz CT molecular complexity index is 793. The predicted octanol–water partition coefficient (Wildman–Crippen LogP) is 2.61. The summed E-state index contributed by atoms with van der Waals surface area (Å²) in [4.78, 5) is 18.1. The Labute approximate surface area is 154 Å². The number of rotatable bonds is 3. The Kier molecular flexibility index (Phi) is 3.85. The molecule has 4 saturated heterocycles. The zero-order valence-corrected chi connectivity index (χ0v) is 15.3. The summed E-state index contributed by atoms with van der Waals surface area (Å²) >= 11 is 0. The number of likely N-dealkylation sites (tertiary alicyclic amines) is 1. The van der Waals surface area contributed by atoms with Crippen LogP contribution >= 0.6 is 0 Å². The molecule has 1 aromatic heterocycles. The standard InChI is InChI=1S/C21H26N4O/c1-2-24-13-10-18(22-24)21(26)25-14-17(15-6-4-3-5-7-15)20-19(25)16-8-11-23(20)12-9-16/h3-7,10,13,16-17,19-20H,2,8-9,11-12,14H2,1H3/t17-,19+,20+/m0/s1. The van der Waals surface area contributed by atoms with E-state index in [0.717, 1.165) is 13.1 Å². The van der Waals surface area contributed by atoms with Crippen LogP contribution in [0.3, 0.4) is 0 Å². The van der Waals surface area contributed by atoms with Crippen LogP contribution in [0.5, 0.6) is 0 Å². The number of benzene rings is 1. The van der Waals surface area contributed by atoms with Crippen molar-refractivity contribution >= 4 is 5.91 Å². The average molecular weight is 350 g/mol. The van der Waals surface area contributed by atoms with Crippen molar-refractivity contribution in [3.05, 3.63) is 53.9 Å². The number of piperidine rings is 3. The molecule has 6 rings (SSSR count). The van der Waals surface area contributed by atoms with Crippen LogP contribution < -0.4 is 0 Å². The van der Waals surface area contributed by atoms with Gasteiger partial charge < -0.3 is 4.90 Å². The predicted molar refractivity (Wildman–Crippen MR) is 100.0 cm³/mol. The molecule has 0 spiro atoms. The third-order valence-corrected chi connectivity index (χ3v) is 6.67. The largest absolute Gasteiger partial charge is 0.332 e. The molecule has 4 fully saturated rings. The van der Waals surface area contributed by atoms with Crippen molar-refractivity contribution in [3.8, 4) is 0 Å². The monoisotopic (exact) mass is 350 g/mol. The number of amides is 1. The van der Waals surface area contributed by atoms with Crippen molar-refractivity contribution in [2.75, 3.05) is 19.6 Å². The fraction of sp³-hybridized carbons (Fsp3) is 0.524. The van der Waals surface area contributed by atoms with Crippen molar-refractivity contribution in [1.82, 2.24) is 19.6 Å². The molecule has 4 aliphatic rings. The van der Waals surface area contributed by atoms with E-state index < -0.39 is 0 Å². The van der Waals surface area contributed by atoms with Crippen molar-refractivity contribution in [2.24, 2.45) is 5.92 Å². The molecule has 2 aromatic rings. The van der Waals surface area contributed by atoms with Crippen LogP contribution in [0.4, 0.5) is 0 Å². The van der Waals surface area contributed by atoms with E-state index in [9.17, 15) is 4.79 Å². The van der Waals surface area contributed by atoms with E-state index in [1.807, 2.05) is 23.9 Å². The second-order valence-corrected chi connectivity index (χ2v) is 7.89. The Morgan fingerprint density at radius 3 is 2.58 bits per heavy atom. The molecule has 0 aliphatic carbocycles. The lowest BCUT2D eigenvalue weighted by Gasteiger charge is -2.51. The number of carbonyl (C=O) groups is 1. The first-order valence-electron chi connectivity index (χ1n) is 9.89. The smallest absolute Gasteiger partial charge is 0.274 e. The minimum absolute atomic E-state index is 0.111. The number of nitrogens with zero attached hydrogens (tertiary/aromatic N) is 4. The highest BCUT2D eigenvalue weighted by Crippen LogP contribution is 2.46. The Hall–Kier alpha value is -2.14. The van der Waals surface area contributed by atoms with Gasteiger partial charge in [0.1, 0.15) is 5.69 Å². The Balaban J connectivity index is 1.50. The zero-order chi connectivity index (χ0) is 17.7. The minimum Gasteiger partial charge on any atom is -0.332 e. The van der Waals surface area contributed by atoms with Crippen molar-refractivity contribution < 1.29 is 4.79 Å². The van der Waals surface area contributed by atoms with Crippen LogP contribution in [0.1, 0.15) is 41.7 Å². The van der Waals surface area contributed by atoms with E-state index in [4.69, 9.17) is 0 Å². The normalized spacial score (nSPS) is 32.7. The number of aromatic nitrogens is 2. The second-order valence-electron chi connectivity index (χ2n) is 7.89. The molecular weight excluding hydrogens is 324 g/mol. The van der Waals surface area contributed by atoms with Crippen LogP contribution in [0.15, 0.2) is 42.6 Å². The lowest BCUT2D eigenvalue weighted by molar-refractivity contribution is -0.00360. The molecule has 136 valence electrons. The van der Waals surface area contributed by atoms with E-state index >= 15 is 0 Å². The van der Waals surface area contributed by atoms with Crippen molar-refractivity contribution in [2.45, 2.75) is 44.3 Å². The van der Waals surface area contributed by atoms with E-state index in [1.54, 1.807) is 0 Å². The number of fused-ring (bicyclic) bond motifs is 2. The van der Waals surface area contributed by atoms with Crippen LogP contribution in [0.2, 0.25) is 0 Å². The van der Waals surface area contributed by atoms with Gasteiger partial charge in [0.25, 0.3) is 5.91 Å². The van der Waals surface area contributed by atoms with Crippen LogP contribution in [0, 0.1) is 5.92 Å². The van der Waals surface area contributed by atoms with Crippen LogP contribution in [0.25, 0.3) is 0 Å². The maximum atomic E-state index is 13.3. The molecule has 5 heteroatoms. The van der Waals surface area contributed by atoms with Gasteiger partial charge in [-0.2, -0.15) is 5.10 Å². The van der Waals surface area contributed by atoms with Gasteiger partial charge in [-0.05, 0) is 50.4 Å². The maximum Gasteiger partial charge on any atom is 0.274 e. The highest BCUT2D eigenvalue weighted by molar-refractivity contribution is 5.93. The van der Waals surface area contributed by atoms with Gasteiger partial charge in [-0.15, -0.1) is 0 Å². The molecular formula is C21H26N4O. The van der Waals surface area contributed by atoms with Gasteiger partial charge in [0.05, 0.1) is 6.04 Å². The topological polar surface area (TPSA) is 41.4 Å². The van der Waals surface area contributed by atoms with Crippen LogP contribution in [-0.4, -0.2) is 57.2 Å². The lowest BCUT2D eigenvalue weighted by atomic mass is 9.75. The van der Waals surface area contributed by atoms with Gasteiger partial charge in [0.15, 0.2) is 0 Å². The van der Waals surface area contributed by atoms with E-state index in [-0.39, 0.29) is 5.91 Å². The maximum absolute atomic E-state index is 13.3. The molecule has 1 aromatic carbocycles. The molecule has 5 heterocycles. The molecule has 3 atom stereocenters. The number of hydrogen-bond acceptors (Lipinski definition) is 3. The second kappa shape index (κ2) is 6.23. The number of aryl methyl sites for hydroxylation is 1. The molecule has 1 amide bonds. The summed E-state index contributed by atoms with van der Waals surface area (Å²) in [6.07, 6.45) is 4.34. The number of carbonyl (C=O) groups excluding carboxylic acids is 1. The summed E-state index contributed by atoms with van der Waals surface area (Å²) in [5, 5.41) is 4.48. The van der Waals surface area contributed by atoms with Gasteiger partial charge >= 0.3 is 0 Å². The highest BCUT2D eigenvalue weighted by atomic mass is 16.2. The fourth-order valence-corrected chi connectivity index (χ4v) is 5.45. The quantitative estimate of drug-likeness (QED) is 0.854. The molecule has 26 heavy (non-hydrogen) atoms. The molecule has 0 saturated carbocycles. The van der Waals surface area contributed by atoms with E-state index in [0.29, 0.717) is 29.6 Å². The van der Waals surface area contributed by atoms with Gasteiger partial charge in [-0.25, -0.2) is 0 Å². The first-order chi connectivity index (χ1) is 12.8. The van der Waals surface area contributed by atoms with Gasteiger partial charge in [0.2, 0.25) is 0 Å². The summed E-state index contributed by atoms with van der Waals surface area (Å²) in [6.45, 7) is 6.02. The van der Waals surface area contributed by atoms with Crippen molar-refractivity contribution in [1.29, 1.82) is 0 Å². The number of hydrogen-bond donors (Lipinski definition) is 0. The summed E-state index contributed by atoms with van der Waals surface area (Å²) < 4.78 is 1.84. The SMILES string of the molecule is CCn1ccc(C(=O)N2C[C@@H](c3ccccc3)[C@@H]3[C@H]2C2CCN3CC2)n1. The third kappa shape index (κ3) is 2.41. The van der Waals surface area contributed by atoms with E-state index in [1.165, 1.54) is 31.5 Å². The summed E-state index contributed by atoms with van der Waals surface area (Å²) in [5.74, 6) is 1.15. The minimum atomic E-state index is 0.111. The first kappa shape index (κ1) is 16.1. The van der Waals surface area contributed by atoms with Gasteiger partial charge in [0, 0.05) is 31.2 Å². The Morgan fingerprint density at radius 2 is 1.88 bits per heavy atom. The molecule has 5 nitrogen and oxygen atoms in total. The van der Waals surface area contributed by atoms with Gasteiger partial charge in [-0.1, -0.05) is 30.3 Å². The zero-order valence-electron chi connectivity index (χ0n) is 15.3. The van der Waals surface area contributed by atoms with Crippen molar-refractivity contribution in [3.63, 3.8) is 0 Å². The third-order valence-electron chi connectivity index (χ3n) is 6.67. The fourth-order valence-electron chi connectivity index (χ4n) is 5.45. The summed E-state index contributed by atoms with van der Waals surface area (Å²) in [5.41, 5.74) is 1.96. The van der Waals surface area contributed by atoms with E-state index in [2.05, 4.69) is 45.2 Å². The summed E-state index contributed by atoms with van der Waals surface area (Å²) in [6, 6.07) is 13.4.